The predicted octanol–water partition coefficient (Wildman–Crippen LogP) is 3.27. The molecular formula is C21H22F5N5O3S. The smallest absolute Gasteiger partial charge is 0.266 e. The summed E-state index contributed by atoms with van der Waals surface area (Å²) in [5.74, 6) is -3.52. The Morgan fingerprint density at radius 1 is 1.06 bits per heavy atom. The molecule has 3 heterocycles. The molecule has 8 nitrogen and oxygen atoms in total. The third-order valence-corrected chi connectivity index (χ3v) is 8.11. The Morgan fingerprint density at radius 2 is 1.77 bits per heavy atom. The molecule has 2 aromatic heterocycles. The van der Waals surface area contributed by atoms with E-state index in [0.717, 1.165) is 42.5 Å². The Labute approximate surface area is 197 Å². The van der Waals surface area contributed by atoms with Crippen molar-refractivity contribution in [3.63, 3.8) is 0 Å². The summed E-state index contributed by atoms with van der Waals surface area (Å²) in [6.07, 6.45) is 0.585. The zero-order valence-corrected chi connectivity index (χ0v) is 19.0. The number of halogens is 5. The van der Waals surface area contributed by atoms with Crippen molar-refractivity contribution in [2.45, 2.75) is 43.5 Å². The molecule has 1 saturated carbocycles. The molecule has 5 rings (SSSR count). The van der Waals surface area contributed by atoms with Gasteiger partial charge in [0, 0.05) is 30.8 Å². The number of aliphatic hydroxyl groups excluding tert-OH is 1. The third-order valence-electron chi connectivity index (χ3n) is 5.75. The molecular weight excluding hydrogens is 497 g/mol. The zero-order valence-electron chi connectivity index (χ0n) is 18.2. The van der Waals surface area contributed by atoms with E-state index in [9.17, 15) is 35.5 Å². The molecule has 1 saturated heterocycles. The fourth-order valence-electron chi connectivity index (χ4n) is 3.82. The van der Waals surface area contributed by atoms with Crippen LogP contribution in [-0.2, 0) is 10.0 Å². The summed E-state index contributed by atoms with van der Waals surface area (Å²) in [6, 6.07) is 1.82. The Kier molecular flexibility index (Phi) is 6.97. The first-order valence-corrected chi connectivity index (χ1v) is 12.2. The minimum absolute atomic E-state index is 0.119. The molecule has 1 unspecified atom stereocenters. The number of benzene rings is 1. The van der Waals surface area contributed by atoms with Crippen LogP contribution in [0.2, 0.25) is 0 Å². The normalized spacial score (nSPS) is 19.1. The average molecular weight is 519 g/mol. The molecule has 190 valence electrons. The fourth-order valence-corrected chi connectivity index (χ4v) is 5.73. The van der Waals surface area contributed by atoms with Gasteiger partial charge < -0.3 is 10.8 Å². The maximum Gasteiger partial charge on any atom is 0.266 e. The Morgan fingerprint density at radius 3 is 2.40 bits per heavy atom. The standard InChI is InChI=1S/C13H7F5N4.C8H15NO3S/c14-7-2-8(15)6(12(17)18)1-5(7)10-3-9(16)11-4-20-13(19)21-22(10)11;10-7-2-1-5-9(6-7)13(11,12)8-3-4-8/h1-4,12H,(H2,19,21);7-8,10H,1-6H2. The highest BCUT2D eigenvalue weighted by molar-refractivity contribution is 7.90. The number of alkyl halides is 2. The SMILES string of the molecule is Nc1ncc2c(F)cc(-c3cc(C(F)F)c(F)cc3F)n2n1.O=S(=O)(C1CC1)N1CCCC(O)C1. The van der Waals surface area contributed by atoms with E-state index in [1.807, 2.05) is 0 Å². The van der Waals surface area contributed by atoms with Gasteiger partial charge in [0.15, 0.2) is 5.82 Å². The maximum atomic E-state index is 13.9. The number of piperidine rings is 1. The summed E-state index contributed by atoms with van der Waals surface area (Å²) in [5.41, 5.74) is 3.67. The van der Waals surface area contributed by atoms with Crippen molar-refractivity contribution in [3.8, 4) is 11.3 Å². The molecule has 2 aliphatic rings. The second-order valence-corrected chi connectivity index (χ2v) is 10.6. The van der Waals surface area contributed by atoms with Gasteiger partial charge in [0.2, 0.25) is 16.0 Å². The van der Waals surface area contributed by atoms with Crippen molar-refractivity contribution in [3.05, 3.63) is 47.4 Å². The fraction of sp³-hybridized carbons (Fsp3) is 0.429. The Balaban J connectivity index is 0.000000189. The van der Waals surface area contributed by atoms with E-state index in [4.69, 9.17) is 5.73 Å². The van der Waals surface area contributed by atoms with Crippen molar-refractivity contribution in [2.24, 2.45) is 0 Å². The van der Waals surface area contributed by atoms with Gasteiger partial charge in [-0.1, -0.05) is 0 Å². The minimum Gasteiger partial charge on any atom is -0.392 e. The summed E-state index contributed by atoms with van der Waals surface area (Å²) in [7, 11) is -3.05. The molecule has 0 radical (unpaired) electrons. The van der Waals surface area contributed by atoms with Crippen molar-refractivity contribution in [1.82, 2.24) is 18.9 Å². The zero-order chi connectivity index (χ0) is 25.5. The largest absolute Gasteiger partial charge is 0.392 e. The summed E-state index contributed by atoms with van der Waals surface area (Å²) in [5, 5.41) is 12.9. The molecule has 1 atom stereocenters. The van der Waals surface area contributed by atoms with Gasteiger partial charge in [-0.2, -0.15) is 4.31 Å². The van der Waals surface area contributed by atoms with Gasteiger partial charge in [-0.3, -0.25) is 0 Å². The number of nitrogens with zero attached hydrogens (tertiary/aromatic N) is 4. The lowest BCUT2D eigenvalue weighted by Gasteiger charge is -2.29. The monoisotopic (exact) mass is 519 g/mol. The summed E-state index contributed by atoms with van der Waals surface area (Å²) in [4.78, 5) is 3.59. The molecule has 0 amide bonds. The van der Waals surface area contributed by atoms with Crippen LogP contribution in [0, 0.1) is 17.5 Å². The first-order valence-electron chi connectivity index (χ1n) is 10.7. The van der Waals surface area contributed by atoms with E-state index in [1.165, 1.54) is 4.31 Å². The number of aromatic nitrogens is 3. The van der Waals surface area contributed by atoms with Crippen LogP contribution in [0.4, 0.5) is 27.9 Å². The highest BCUT2D eigenvalue weighted by Crippen LogP contribution is 2.33. The Hall–Kier alpha value is -2.84. The van der Waals surface area contributed by atoms with Crippen molar-refractivity contribution in [1.29, 1.82) is 0 Å². The average Bonchev–Trinajstić information content (AvgIpc) is 3.60. The van der Waals surface area contributed by atoms with E-state index in [0.29, 0.717) is 25.2 Å². The molecule has 35 heavy (non-hydrogen) atoms. The van der Waals surface area contributed by atoms with E-state index in [-0.39, 0.29) is 22.4 Å². The van der Waals surface area contributed by atoms with Gasteiger partial charge in [-0.25, -0.2) is 39.9 Å². The second-order valence-electron chi connectivity index (χ2n) is 8.34. The van der Waals surface area contributed by atoms with Crippen molar-refractivity contribution in [2.75, 3.05) is 18.8 Å². The molecule has 1 aliphatic carbocycles. The summed E-state index contributed by atoms with van der Waals surface area (Å²) < 4.78 is 92.4. The number of rotatable bonds is 4. The van der Waals surface area contributed by atoms with E-state index in [1.54, 1.807) is 0 Å². The molecule has 0 spiro atoms. The number of nitrogens with two attached hydrogens (primary N) is 1. The molecule has 3 N–H and O–H groups in total. The van der Waals surface area contributed by atoms with Crippen LogP contribution in [0.1, 0.15) is 37.7 Å². The highest BCUT2D eigenvalue weighted by atomic mass is 32.2. The van der Waals surface area contributed by atoms with Crippen molar-refractivity contribution < 1.29 is 35.5 Å². The summed E-state index contributed by atoms with van der Waals surface area (Å²) in [6.45, 7) is 0.898. The first-order chi connectivity index (χ1) is 16.5. The number of aliphatic hydroxyl groups is 1. The molecule has 0 bridgehead atoms. The minimum atomic E-state index is -3.14. The number of nitrogen functional groups attached to an aromatic ring is 1. The van der Waals surface area contributed by atoms with Crippen LogP contribution >= 0.6 is 0 Å². The third kappa shape index (κ3) is 5.23. The number of anilines is 1. The molecule has 1 aliphatic heterocycles. The number of hydrogen-bond donors (Lipinski definition) is 2. The van der Waals surface area contributed by atoms with Crippen LogP contribution in [-0.4, -0.2) is 56.9 Å². The van der Waals surface area contributed by atoms with Crippen LogP contribution in [0.25, 0.3) is 16.8 Å². The Bertz CT molecular complexity index is 1350. The van der Waals surface area contributed by atoms with E-state index >= 15 is 0 Å². The first kappa shape index (κ1) is 25.3. The van der Waals surface area contributed by atoms with Crippen LogP contribution in [0.3, 0.4) is 0 Å². The van der Waals surface area contributed by atoms with Gasteiger partial charge in [-0.05, 0) is 31.7 Å². The number of fused-ring (bicyclic) bond motifs is 1. The van der Waals surface area contributed by atoms with Gasteiger partial charge in [0.05, 0.1) is 28.8 Å². The van der Waals surface area contributed by atoms with Gasteiger partial charge in [0.1, 0.15) is 17.2 Å². The van der Waals surface area contributed by atoms with Crippen LogP contribution in [0.15, 0.2) is 24.4 Å². The lowest BCUT2D eigenvalue weighted by atomic mass is 10.1. The second kappa shape index (κ2) is 9.66. The number of β-amino-alcohol motifs (C(OH)–C–C–N with tert-alkyl or cyclic N) is 1. The lowest BCUT2D eigenvalue weighted by Crippen LogP contribution is -2.43. The number of hydrogen-bond acceptors (Lipinski definition) is 6. The summed E-state index contributed by atoms with van der Waals surface area (Å²) >= 11 is 0. The van der Waals surface area contributed by atoms with Gasteiger partial charge in [-0.15, -0.1) is 5.10 Å². The maximum absolute atomic E-state index is 13.9. The molecule has 2 fully saturated rings. The molecule has 1 aromatic carbocycles. The molecule has 14 heteroatoms. The van der Waals surface area contributed by atoms with Gasteiger partial charge in [0.25, 0.3) is 6.43 Å². The van der Waals surface area contributed by atoms with Crippen molar-refractivity contribution >= 4 is 21.5 Å². The highest BCUT2D eigenvalue weighted by Gasteiger charge is 2.41. The number of sulfonamides is 1. The van der Waals surface area contributed by atoms with Crippen LogP contribution < -0.4 is 5.73 Å². The van der Waals surface area contributed by atoms with E-state index in [2.05, 4.69) is 10.1 Å². The lowest BCUT2D eigenvalue weighted by molar-refractivity contribution is 0.108. The topological polar surface area (TPSA) is 114 Å². The predicted molar refractivity (Wildman–Crippen MR) is 116 cm³/mol. The molecule has 3 aromatic rings. The quantitative estimate of drug-likeness (QED) is 0.512. The van der Waals surface area contributed by atoms with E-state index < -0.39 is 51.1 Å². The van der Waals surface area contributed by atoms with Crippen LogP contribution in [0.5, 0.6) is 0 Å². The van der Waals surface area contributed by atoms with Gasteiger partial charge >= 0.3 is 0 Å².